The molecule has 0 bridgehead atoms. The van der Waals surface area contributed by atoms with Crippen molar-refractivity contribution in [3.8, 4) is 22.3 Å². The zero-order chi connectivity index (χ0) is 28.8. The molecule has 41 heavy (non-hydrogen) atoms. The molecule has 0 unspecified atom stereocenters. The normalized spacial score (nSPS) is 12.8. The van der Waals surface area contributed by atoms with E-state index in [2.05, 4.69) is 4.98 Å². The van der Waals surface area contributed by atoms with Crippen molar-refractivity contribution < 1.29 is 14.5 Å². The molecule has 0 spiro atoms. The first kappa shape index (κ1) is 27.2. The lowest BCUT2D eigenvalue weighted by Crippen LogP contribution is -2.19. The number of hydrogen-bond acceptors (Lipinski definition) is 7. The Hall–Kier alpha value is -5.37. The van der Waals surface area contributed by atoms with Gasteiger partial charge in [-0.05, 0) is 48.7 Å². The van der Waals surface area contributed by atoms with E-state index < -0.39 is 10.9 Å². The molecule has 0 amide bonds. The Bertz CT molecular complexity index is 1680. The predicted octanol–water partition coefficient (Wildman–Crippen LogP) is 7.20. The van der Waals surface area contributed by atoms with Crippen molar-refractivity contribution in [3.63, 3.8) is 0 Å². The van der Waals surface area contributed by atoms with Crippen LogP contribution in [0.4, 0.5) is 11.4 Å². The molecule has 1 aliphatic heterocycles. The lowest BCUT2D eigenvalue weighted by atomic mass is 9.91. The highest BCUT2D eigenvalue weighted by atomic mass is 16.6. The number of rotatable bonds is 8. The smallest absolute Gasteiger partial charge is 0.336 e. The minimum Gasteiger partial charge on any atom is -0.458 e. The summed E-state index contributed by atoms with van der Waals surface area (Å²) in [5, 5.41) is 11.7. The first-order chi connectivity index (χ1) is 19.9. The maximum absolute atomic E-state index is 13.0. The van der Waals surface area contributed by atoms with E-state index in [0.29, 0.717) is 28.9 Å². The Balaban J connectivity index is 1.54. The zero-order valence-corrected chi connectivity index (χ0v) is 22.7. The summed E-state index contributed by atoms with van der Waals surface area (Å²) in [5.41, 5.74) is 6.83. The summed E-state index contributed by atoms with van der Waals surface area (Å²) >= 11 is 0. The highest BCUT2D eigenvalue weighted by molar-refractivity contribution is 5.96. The van der Waals surface area contributed by atoms with Crippen molar-refractivity contribution in [1.29, 1.82) is 0 Å². The number of benzene rings is 2. The molecule has 0 atom stereocenters. The van der Waals surface area contributed by atoms with Crippen molar-refractivity contribution in [1.82, 2.24) is 9.97 Å². The Morgan fingerprint density at radius 3 is 2.54 bits per heavy atom. The fraction of sp³-hybridized carbons (Fsp3) is 0.121. The summed E-state index contributed by atoms with van der Waals surface area (Å²) < 4.78 is 5.53. The molecule has 8 nitrogen and oxygen atoms in total. The van der Waals surface area contributed by atoms with Crippen molar-refractivity contribution in [3.05, 3.63) is 136 Å². The zero-order valence-electron chi connectivity index (χ0n) is 22.7. The van der Waals surface area contributed by atoms with Crippen LogP contribution in [0.25, 0.3) is 28.3 Å². The van der Waals surface area contributed by atoms with Gasteiger partial charge >= 0.3 is 5.97 Å². The van der Waals surface area contributed by atoms with Gasteiger partial charge in [0.1, 0.15) is 6.61 Å². The quantitative estimate of drug-likeness (QED) is 0.131. The van der Waals surface area contributed by atoms with Gasteiger partial charge in [-0.2, -0.15) is 0 Å². The van der Waals surface area contributed by atoms with E-state index in [-0.39, 0.29) is 12.3 Å². The van der Waals surface area contributed by atoms with Crippen LogP contribution in [0.3, 0.4) is 0 Å². The third-order valence-electron chi connectivity index (χ3n) is 6.68. The second-order valence-electron chi connectivity index (χ2n) is 9.49. The minimum atomic E-state index is -0.416. The number of aromatic nitrogens is 2. The fourth-order valence-electron chi connectivity index (χ4n) is 4.88. The summed E-state index contributed by atoms with van der Waals surface area (Å²) in [5.74, 6) is -0.416. The average molecular weight is 545 g/mol. The molecule has 8 heteroatoms. The van der Waals surface area contributed by atoms with Gasteiger partial charge in [0.2, 0.25) is 0 Å². The number of carbonyl (C=O) groups excluding carboxylic acids is 1. The highest BCUT2D eigenvalue weighted by Gasteiger charge is 2.25. The minimum absolute atomic E-state index is 0.0150. The lowest BCUT2D eigenvalue weighted by Gasteiger charge is -2.27. The van der Waals surface area contributed by atoms with Crippen LogP contribution in [0.1, 0.15) is 23.4 Å². The van der Waals surface area contributed by atoms with Crippen LogP contribution in [-0.4, -0.2) is 27.5 Å². The molecule has 3 heterocycles. The largest absolute Gasteiger partial charge is 0.458 e. The monoisotopic (exact) mass is 544 g/mol. The van der Waals surface area contributed by atoms with Gasteiger partial charge in [0.05, 0.1) is 21.9 Å². The van der Waals surface area contributed by atoms with E-state index in [0.717, 1.165) is 27.9 Å². The Morgan fingerprint density at radius 1 is 1.00 bits per heavy atom. The summed E-state index contributed by atoms with van der Waals surface area (Å²) in [6, 6.07) is 20.1. The van der Waals surface area contributed by atoms with E-state index in [1.165, 1.54) is 6.07 Å². The third-order valence-corrected chi connectivity index (χ3v) is 6.68. The van der Waals surface area contributed by atoms with E-state index >= 15 is 0 Å². The van der Waals surface area contributed by atoms with Crippen LogP contribution < -0.4 is 4.90 Å². The van der Waals surface area contributed by atoms with Crippen LogP contribution in [0.15, 0.2) is 109 Å². The topological polar surface area (TPSA) is 98.5 Å². The molecule has 0 fully saturated rings. The molecule has 1 aliphatic rings. The van der Waals surface area contributed by atoms with Gasteiger partial charge in [-0.25, -0.2) is 4.79 Å². The Kier molecular flexibility index (Phi) is 8.10. The van der Waals surface area contributed by atoms with E-state index in [4.69, 9.17) is 9.72 Å². The van der Waals surface area contributed by atoms with Crippen molar-refractivity contribution in [2.45, 2.75) is 20.3 Å². The third kappa shape index (κ3) is 6.12. The molecule has 0 N–H and O–H groups in total. The Labute approximate surface area is 238 Å². The van der Waals surface area contributed by atoms with Gasteiger partial charge in [-0.15, -0.1) is 0 Å². The maximum atomic E-state index is 13.0. The highest BCUT2D eigenvalue weighted by Crippen LogP contribution is 2.44. The van der Waals surface area contributed by atoms with Crippen molar-refractivity contribution in [2.24, 2.45) is 0 Å². The van der Waals surface area contributed by atoms with Gasteiger partial charge in [-0.1, -0.05) is 54.6 Å². The van der Waals surface area contributed by atoms with Gasteiger partial charge in [0, 0.05) is 60.2 Å². The first-order valence-corrected chi connectivity index (χ1v) is 13.1. The SMILES string of the molecule is Cc1nc(C)c(N2C=CCC(C(=O)OC/C=C/c3ccccc3)=C2)c(-c2cccc([N+](=O)[O-])c2)c1-c1ccncc1. The number of pyridine rings is 2. The number of nitro groups is 1. The number of aryl methyl sites for hydroxylation is 2. The maximum Gasteiger partial charge on any atom is 0.336 e. The molecule has 204 valence electrons. The van der Waals surface area contributed by atoms with E-state index in [9.17, 15) is 14.9 Å². The number of allylic oxidation sites excluding steroid dienone is 1. The molecule has 2 aromatic heterocycles. The Morgan fingerprint density at radius 2 is 1.78 bits per heavy atom. The predicted molar refractivity (Wildman–Crippen MR) is 160 cm³/mol. The van der Waals surface area contributed by atoms with E-state index in [1.807, 2.05) is 85.6 Å². The molecular formula is C33H28N4O4. The van der Waals surface area contributed by atoms with Gasteiger partial charge < -0.3 is 9.64 Å². The molecule has 4 aromatic rings. The number of nitro benzene ring substituents is 1. The molecular weight excluding hydrogens is 516 g/mol. The summed E-state index contributed by atoms with van der Waals surface area (Å²) in [4.78, 5) is 35.1. The van der Waals surface area contributed by atoms with Crippen LogP contribution in [0.2, 0.25) is 0 Å². The van der Waals surface area contributed by atoms with Crippen LogP contribution in [-0.2, 0) is 9.53 Å². The molecule has 0 saturated heterocycles. The van der Waals surface area contributed by atoms with Gasteiger partial charge in [0.25, 0.3) is 5.69 Å². The molecule has 0 saturated carbocycles. The number of esters is 1. The standard InChI is InChI=1S/C33H28N4O4/c1-23-30(26-15-17-34-18-16-26)31(27-12-6-14-29(21-27)37(39)40)32(24(2)35-23)36-19-7-13-28(22-36)33(38)41-20-8-11-25-9-4-3-5-10-25/h3-12,14-19,21-22H,13,20H2,1-2H3/b11-8+. The number of carbonyl (C=O) groups is 1. The number of hydrogen-bond donors (Lipinski definition) is 0. The number of non-ortho nitro benzene ring substituents is 1. The molecule has 0 aliphatic carbocycles. The molecule has 0 radical (unpaired) electrons. The van der Waals surface area contributed by atoms with Crippen LogP contribution in [0, 0.1) is 24.0 Å². The number of anilines is 1. The van der Waals surface area contributed by atoms with Gasteiger partial charge in [0.15, 0.2) is 0 Å². The molecule has 5 rings (SSSR count). The van der Waals surface area contributed by atoms with Gasteiger partial charge in [-0.3, -0.25) is 20.1 Å². The van der Waals surface area contributed by atoms with E-state index in [1.54, 1.807) is 36.8 Å². The fourth-order valence-corrected chi connectivity index (χ4v) is 4.88. The number of nitrogens with zero attached hydrogens (tertiary/aromatic N) is 4. The first-order valence-electron chi connectivity index (χ1n) is 13.1. The van der Waals surface area contributed by atoms with Crippen molar-refractivity contribution in [2.75, 3.05) is 11.5 Å². The molecule has 2 aromatic carbocycles. The number of ether oxygens (including phenoxy) is 1. The van der Waals surface area contributed by atoms with Crippen LogP contribution >= 0.6 is 0 Å². The summed E-state index contributed by atoms with van der Waals surface area (Å²) in [6.07, 6.45) is 13.0. The average Bonchev–Trinajstić information content (AvgIpc) is 3.00. The lowest BCUT2D eigenvalue weighted by molar-refractivity contribution is -0.384. The van der Waals surface area contributed by atoms with Crippen LogP contribution in [0.5, 0.6) is 0 Å². The second-order valence-corrected chi connectivity index (χ2v) is 9.49. The second kappa shape index (κ2) is 12.2. The summed E-state index contributed by atoms with van der Waals surface area (Å²) in [7, 11) is 0. The van der Waals surface area contributed by atoms with Crippen molar-refractivity contribution >= 4 is 23.4 Å². The summed E-state index contributed by atoms with van der Waals surface area (Å²) in [6.45, 7) is 3.95.